The second kappa shape index (κ2) is 8.06. The van der Waals surface area contributed by atoms with Crippen molar-refractivity contribution in [1.29, 1.82) is 5.26 Å². The molecule has 6 heteroatoms. The molecule has 0 aliphatic carbocycles. The van der Waals surface area contributed by atoms with Gasteiger partial charge in [0.1, 0.15) is 11.5 Å². The molecule has 0 aromatic carbocycles. The van der Waals surface area contributed by atoms with Crippen molar-refractivity contribution in [2.24, 2.45) is 0 Å². The fourth-order valence-corrected chi connectivity index (χ4v) is 1.56. The number of nitrogens with zero attached hydrogens (tertiary/aromatic N) is 3. The molecule has 0 unspecified atom stereocenters. The maximum atomic E-state index is 12.3. The van der Waals surface area contributed by atoms with Gasteiger partial charge in [-0.1, -0.05) is 6.07 Å². The Labute approximate surface area is 113 Å². The quantitative estimate of drug-likeness (QED) is 0.796. The summed E-state index contributed by atoms with van der Waals surface area (Å²) in [6.45, 7) is 1.26. The fourth-order valence-electron chi connectivity index (χ4n) is 1.56. The number of pyridine rings is 1. The highest BCUT2D eigenvalue weighted by Gasteiger charge is 2.16. The van der Waals surface area contributed by atoms with Gasteiger partial charge < -0.3 is 15.0 Å². The number of nitriles is 1. The molecule has 1 aromatic rings. The molecule has 1 aromatic heterocycles. The molecule has 0 aliphatic rings. The summed E-state index contributed by atoms with van der Waals surface area (Å²) in [6.07, 6.45) is 0.293. The van der Waals surface area contributed by atoms with Gasteiger partial charge in [0.05, 0.1) is 19.1 Å². The van der Waals surface area contributed by atoms with Gasteiger partial charge in [0.2, 0.25) is 0 Å². The van der Waals surface area contributed by atoms with Gasteiger partial charge in [-0.25, -0.2) is 4.98 Å². The molecule has 0 bridgehead atoms. The summed E-state index contributed by atoms with van der Waals surface area (Å²) >= 11 is 0. The second-order valence-electron chi connectivity index (χ2n) is 3.85. The number of rotatable bonds is 7. The van der Waals surface area contributed by atoms with Gasteiger partial charge in [-0.05, 0) is 12.1 Å². The fraction of sp³-hybridized carbons (Fsp3) is 0.462. The first-order chi connectivity index (χ1) is 9.22. The van der Waals surface area contributed by atoms with Crippen LogP contribution in [0.15, 0.2) is 18.2 Å². The highest BCUT2D eigenvalue weighted by atomic mass is 16.5. The molecule has 0 fully saturated rings. The van der Waals surface area contributed by atoms with Gasteiger partial charge in [0.15, 0.2) is 0 Å². The zero-order valence-electron chi connectivity index (χ0n) is 11.2. The number of hydrogen-bond acceptors (Lipinski definition) is 5. The van der Waals surface area contributed by atoms with Crippen molar-refractivity contribution in [3.05, 3.63) is 23.9 Å². The van der Waals surface area contributed by atoms with Crippen LogP contribution in [0.5, 0.6) is 0 Å². The summed E-state index contributed by atoms with van der Waals surface area (Å²) in [5, 5.41) is 11.5. The van der Waals surface area contributed by atoms with Crippen LogP contribution in [0.2, 0.25) is 0 Å². The van der Waals surface area contributed by atoms with Crippen LogP contribution >= 0.6 is 0 Å². The van der Waals surface area contributed by atoms with E-state index in [9.17, 15) is 4.79 Å². The Bertz CT molecular complexity index is 456. The van der Waals surface area contributed by atoms with E-state index in [1.165, 1.54) is 0 Å². The standard InChI is InChI=1S/C13H18N4O2/c1-15-12-6-3-5-11(16-12)13(18)17(8-4-7-14)9-10-19-2/h3,5-6H,4,8-10H2,1-2H3,(H,15,16). The SMILES string of the molecule is CNc1cccc(C(=O)N(CCC#N)CCOC)n1. The minimum atomic E-state index is -0.190. The minimum Gasteiger partial charge on any atom is -0.383 e. The first kappa shape index (κ1) is 14.9. The Balaban J connectivity index is 2.81. The lowest BCUT2D eigenvalue weighted by atomic mass is 10.3. The van der Waals surface area contributed by atoms with Crippen molar-refractivity contribution in [2.45, 2.75) is 6.42 Å². The average molecular weight is 262 g/mol. The van der Waals surface area contributed by atoms with Crippen LogP contribution in [0.25, 0.3) is 0 Å². The third-order valence-electron chi connectivity index (χ3n) is 2.57. The van der Waals surface area contributed by atoms with E-state index in [1.54, 1.807) is 37.3 Å². The molecule has 1 N–H and O–H groups in total. The lowest BCUT2D eigenvalue weighted by Gasteiger charge is -2.20. The first-order valence-electron chi connectivity index (χ1n) is 6.03. The highest BCUT2D eigenvalue weighted by molar-refractivity contribution is 5.92. The Morgan fingerprint density at radius 1 is 1.53 bits per heavy atom. The normalized spacial score (nSPS) is 9.74. The smallest absolute Gasteiger partial charge is 0.272 e. The Hall–Kier alpha value is -2.13. The van der Waals surface area contributed by atoms with Crippen molar-refractivity contribution in [3.8, 4) is 6.07 Å². The van der Waals surface area contributed by atoms with Gasteiger partial charge in [0.25, 0.3) is 5.91 Å². The largest absolute Gasteiger partial charge is 0.383 e. The number of methoxy groups -OCH3 is 1. The van der Waals surface area contributed by atoms with Crippen LogP contribution in [-0.4, -0.2) is 49.6 Å². The zero-order valence-corrected chi connectivity index (χ0v) is 11.2. The molecule has 1 amide bonds. The highest BCUT2D eigenvalue weighted by Crippen LogP contribution is 2.07. The monoisotopic (exact) mass is 262 g/mol. The van der Waals surface area contributed by atoms with Gasteiger partial charge in [-0.3, -0.25) is 4.79 Å². The van der Waals surface area contributed by atoms with Gasteiger partial charge >= 0.3 is 0 Å². The number of nitrogens with one attached hydrogen (secondary N) is 1. The lowest BCUT2D eigenvalue weighted by molar-refractivity contribution is 0.0694. The molecule has 6 nitrogen and oxygen atoms in total. The Morgan fingerprint density at radius 3 is 2.95 bits per heavy atom. The molecule has 19 heavy (non-hydrogen) atoms. The van der Waals surface area contributed by atoms with Gasteiger partial charge in [-0.2, -0.15) is 5.26 Å². The van der Waals surface area contributed by atoms with Crippen LogP contribution in [0.3, 0.4) is 0 Å². The van der Waals surface area contributed by atoms with E-state index in [4.69, 9.17) is 10.00 Å². The maximum Gasteiger partial charge on any atom is 0.272 e. The zero-order chi connectivity index (χ0) is 14.1. The van der Waals surface area contributed by atoms with Gasteiger partial charge in [-0.15, -0.1) is 0 Å². The Kier molecular flexibility index (Phi) is 6.33. The van der Waals surface area contributed by atoms with Crippen LogP contribution in [-0.2, 0) is 4.74 Å². The molecule has 0 radical (unpaired) electrons. The van der Waals surface area contributed by atoms with E-state index in [0.717, 1.165) is 0 Å². The average Bonchev–Trinajstić information content (AvgIpc) is 2.47. The third-order valence-corrected chi connectivity index (χ3v) is 2.57. The molecule has 0 atom stereocenters. The third kappa shape index (κ3) is 4.56. The second-order valence-corrected chi connectivity index (χ2v) is 3.85. The Morgan fingerprint density at radius 2 is 2.32 bits per heavy atom. The number of hydrogen-bond donors (Lipinski definition) is 1. The number of carbonyl (C=O) groups is 1. The number of ether oxygens (including phenoxy) is 1. The van der Waals surface area contributed by atoms with Crippen LogP contribution in [0.1, 0.15) is 16.9 Å². The van der Waals surface area contributed by atoms with Crippen molar-refractivity contribution in [2.75, 3.05) is 39.2 Å². The van der Waals surface area contributed by atoms with E-state index in [1.807, 2.05) is 6.07 Å². The predicted molar refractivity (Wildman–Crippen MR) is 71.8 cm³/mol. The first-order valence-corrected chi connectivity index (χ1v) is 6.03. The molecule has 1 rings (SSSR count). The van der Waals surface area contributed by atoms with Crippen LogP contribution in [0, 0.1) is 11.3 Å². The molecule has 0 saturated heterocycles. The van der Waals surface area contributed by atoms with Crippen LogP contribution in [0.4, 0.5) is 5.82 Å². The number of amides is 1. The van der Waals surface area contributed by atoms with E-state index in [2.05, 4.69) is 10.3 Å². The number of anilines is 1. The molecule has 0 spiro atoms. The van der Waals surface area contributed by atoms with Crippen molar-refractivity contribution >= 4 is 11.7 Å². The molecule has 102 valence electrons. The molecular formula is C13H18N4O2. The summed E-state index contributed by atoms with van der Waals surface area (Å²) in [5.74, 6) is 0.447. The summed E-state index contributed by atoms with van der Waals surface area (Å²) < 4.78 is 4.97. The lowest BCUT2D eigenvalue weighted by Crippen LogP contribution is -2.35. The predicted octanol–water partition coefficient (Wildman–Crippen LogP) is 1.13. The topological polar surface area (TPSA) is 78.2 Å². The van der Waals surface area contributed by atoms with Gasteiger partial charge in [0, 0.05) is 27.2 Å². The number of carbonyl (C=O) groups excluding carboxylic acids is 1. The van der Waals surface area contributed by atoms with E-state index >= 15 is 0 Å². The van der Waals surface area contributed by atoms with Crippen LogP contribution < -0.4 is 5.32 Å². The van der Waals surface area contributed by atoms with E-state index in [0.29, 0.717) is 37.6 Å². The minimum absolute atomic E-state index is 0.190. The van der Waals surface area contributed by atoms with Crippen molar-refractivity contribution < 1.29 is 9.53 Å². The summed E-state index contributed by atoms with van der Waals surface area (Å²) in [4.78, 5) is 18.1. The molecule has 1 heterocycles. The molecule has 0 aliphatic heterocycles. The van der Waals surface area contributed by atoms with E-state index in [-0.39, 0.29) is 5.91 Å². The maximum absolute atomic E-state index is 12.3. The van der Waals surface area contributed by atoms with E-state index < -0.39 is 0 Å². The van der Waals surface area contributed by atoms with Crippen molar-refractivity contribution in [3.63, 3.8) is 0 Å². The van der Waals surface area contributed by atoms with Crippen molar-refractivity contribution in [1.82, 2.24) is 9.88 Å². The summed E-state index contributed by atoms with van der Waals surface area (Å²) in [7, 11) is 3.32. The molecule has 0 saturated carbocycles. The molecular weight excluding hydrogens is 244 g/mol. The number of aromatic nitrogens is 1. The summed E-state index contributed by atoms with van der Waals surface area (Å²) in [6, 6.07) is 7.25. The summed E-state index contributed by atoms with van der Waals surface area (Å²) in [5.41, 5.74) is 0.362.